The summed E-state index contributed by atoms with van der Waals surface area (Å²) in [4.78, 5) is 25.1. The Bertz CT molecular complexity index is 1430. The lowest BCUT2D eigenvalue weighted by Crippen LogP contribution is -2.60. The summed E-state index contributed by atoms with van der Waals surface area (Å²) in [5, 5.41) is 54.1. The van der Waals surface area contributed by atoms with E-state index < -0.39 is 49.5 Å². The third-order valence-electron chi connectivity index (χ3n) is 14.4. The minimum absolute atomic E-state index is 0.0124. The van der Waals surface area contributed by atoms with Gasteiger partial charge in [0.05, 0.1) is 32.0 Å². The number of ether oxygens (including phenoxy) is 3. The number of amides is 1. The Morgan fingerprint density at radius 2 is 0.920 bits per heavy atom. The molecule has 0 aliphatic carbocycles. The van der Waals surface area contributed by atoms with Gasteiger partial charge in [0.2, 0.25) is 5.91 Å². The zero-order chi connectivity index (χ0) is 54.5. The van der Waals surface area contributed by atoms with Crippen LogP contribution in [-0.4, -0.2) is 100 Å². The Labute approximate surface area is 458 Å². The highest BCUT2D eigenvalue weighted by Gasteiger charge is 2.44. The van der Waals surface area contributed by atoms with Gasteiger partial charge in [0.15, 0.2) is 6.29 Å². The average molecular weight is 1060 g/mol. The summed E-state index contributed by atoms with van der Waals surface area (Å²) in [7, 11) is 0. The van der Waals surface area contributed by atoms with E-state index in [2.05, 4.69) is 54.8 Å². The van der Waals surface area contributed by atoms with Gasteiger partial charge >= 0.3 is 5.97 Å². The number of carbonyl (C=O) groups is 2. The molecule has 1 amide bonds. The second-order valence-electron chi connectivity index (χ2n) is 21.4. The van der Waals surface area contributed by atoms with E-state index in [9.17, 15) is 35.1 Å². The van der Waals surface area contributed by atoms with Crippen LogP contribution in [-0.2, 0) is 23.8 Å². The van der Waals surface area contributed by atoms with Crippen LogP contribution >= 0.6 is 0 Å². The first-order chi connectivity index (χ1) is 36.7. The molecule has 0 aromatic rings. The second kappa shape index (κ2) is 53.4. The molecule has 0 aromatic carbocycles. The SMILES string of the molecule is C/C=C/CC/C=C/CC/C=C/C(O)C(COC1OC(CO)C(O)C(O)C1O)NC(=O)CCCCCCCCC/C=C\CCCCCCCCCCCOC(=O)CCCCCCCCC/C=C\CCCCCCCCC. The zero-order valence-electron chi connectivity index (χ0n) is 48.0. The van der Waals surface area contributed by atoms with Crippen LogP contribution in [0.1, 0.15) is 271 Å². The average Bonchev–Trinajstić information content (AvgIpc) is 3.41. The Balaban J connectivity index is 2.00. The standard InChI is InChI=1S/C64H115NO10/c1-3-5-7-9-11-13-14-15-16-17-23-26-29-32-36-40-44-48-52-60(69)73-53-49-45-41-37-33-30-27-24-21-19-18-20-22-25-28-31-35-39-43-47-51-59(68)65-56(57(67)50-46-42-38-34-12-10-8-6-4-2)55-74-64-63(72)62(71)61(70)58(54-66)75-64/h4,6,12,16-18,20,34,46,50,56-58,61-64,66-67,70-72H,3,5,7-11,13-15,19,21-33,35-45,47-49,51-55H2,1-2H3,(H,65,68)/b6-4+,17-16-,20-18-,34-12+,50-46+. The van der Waals surface area contributed by atoms with Crippen molar-refractivity contribution in [1.82, 2.24) is 5.32 Å². The van der Waals surface area contributed by atoms with Gasteiger partial charge in [0, 0.05) is 12.8 Å². The molecule has 1 heterocycles. The summed E-state index contributed by atoms with van der Waals surface area (Å²) in [6.07, 6.45) is 59.3. The lowest BCUT2D eigenvalue weighted by Gasteiger charge is -2.40. The van der Waals surface area contributed by atoms with Crippen molar-refractivity contribution in [2.24, 2.45) is 0 Å². The molecule has 0 saturated carbocycles. The predicted molar refractivity (Wildman–Crippen MR) is 310 cm³/mol. The van der Waals surface area contributed by atoms with Gasteiger partial charge in [-0.05, 0) is 103 Å². The molecule has 0 radical (unpaired) electrons. The maximum atomic E-state index is 13.0. The van der Waals surface area contributed by atoms with Crippen LogP contribution in [0.4, 0.5) is 0 Å². The molecule has 0 aromatic heterocycles. The van der Waals surface area contributed by atoms with Crippen molar-refractivity contribution in [2.75, 3.05) is 19.8 Å². The predicted octanol–water partition coefficient (Wildman–Crippen LogP) is 14.6. The van der Waals surface area contributed by atoms with Crippen molar-refractivity contribution in [1.29, 1.82) is 0 Å². The molecule has 1 fully saturated rings. The highest BCUT2D eigenvalue weighted by molar-refractivity contribution is 5.76. The Kier molecular flexibility index (Phi) is 50.1. The van der Waals surface area contributed by atoms with Gasteiger partial charge in [-0.15, -0.1) is 0 Å². The third-order valence-corrected chi connectivity index (χ3v) is 14.4. The smallest absolute Gasteiger partial charge is 0.305 e. The number of rotatable bonds is 53. The molecule has 6 N–H and O–H groups in total. The van der Waals surface area contributed by atoms with Crippen molar-refractivity contribution in [2.45, 2.75) is 314 Å². The molecule has 11 nitrogen and oxygen atoms in total. The molecule has 0 bridgehead atoms. The summed E-state index contributed by atoms with van der Waals surface area (Å²) in [5.74, 6) is -0.221. The molecule has 1 rings (SSSR count). The fourth-order valence-electron chi connectivity index (χ4n) is 9.46. The van der Waals surface area contributed by atoms with Crippen LogP contribution in [0.5, 0.6) is 0 Å². The maximum Gasteiger partial charge on any atom is 0.305 e. The summed E-state index contributed by atoms with van der Waals surface area (Å²) >= 11 is 0. The molecule has 75 heavy (non-hydrogen) atoms. The molecule has 436 valence electrons. The van der Waals surface area contributed by atoms with Gasteiger partial charge < -0.3 is 45.1 Å². The number of esters is 1. The molecular formula is C64H115NO10. The van der Waals surface area contributed by atoms with Crippen LogP contribution in [0.2, 0.25) is 0 Å². The van der Waals surface area contributed by atoms with Crippen molar-refractivity contribution in [3.8, 4) is 0 Å². The highest BCUT2D eigenvalue weighted by atomic mass is 16.7. The lowest BCUT2D eigenvalue weighted by molar-refractivity contribution is -0.302. The maximum absolute atomic E-state index is 13.0. The van der Waals surface area contributed by atoms with E-state index >= 15 is 0 Å². The highest BCUT2D eigenvalue weighted by Crippen LogP contribution is 2.23. The molecule has 1 aliphatic rings. The number of carbonyl (C=O) groups excluding carboxylic acids is 2. The van der Waals surface area contributed by atoms with Gasteiger partial charge in [-0.25, -0.2) is 0 Å². The van der Waals surface area contributed by atoms with Crippen molar-refractivity contribution >= 4 is 11.9 Å². The van der Waals surface area contributed by atoms with E-state index in [4.69, 9.17) is 14.2 Å². The normalized spacial score (nSPS) is 19.2. The number of hydrogen-bond donors (Lipinski definition) is 6. The number of allylic oxidation sites excluding steroid dienone is 9. The summed E-state index contributed by atoms with van der Waals surface area (Å²) in [5.41, 5.74) is 0. The summed E-state index contributed by atoms with van der Waals surface area (Å²) < 4.78 is 16.7. The summed E-state index contributed by atoms with van der Waals surface area (Å²) in [6, 6.07) is -0.841. The Morgan fingerprint density at radius 3 is 1.40 bits per heavy atom. The first-order valence-electron chi connectivity index (χ1n) is 31.0. The van der Waals surface area contributed by atoms with Crippen LogP contribution in [0, 0.1) is 0 Å². The number of unbranched alkanes of at least 4 members (excludes halogenated alkanes) is 32. The monoisotopic (exact) mass is 1060 g/mol. The molecular weight excluding hydrogens is 943 g/mol. The minimum atomic E-state index is -1.58. The van der Waals surface area contributed by atoms with Crippen LogP contribution in [0.15, 0.2) is 60.8 Å². The fourth-order valence-corrected chi connectivity index (χ4v) is 9.46. The van der Waals surface area contributed by atoms with Crippen molar-refractivity contribution < 1.29 is 49.3 Å². The summed E-state index contributed by atoms with van der Waals surface area (Å²) in [6.45, 7) is 4.07. The van der Waals surface area contributed by atoms with E-state index in [1.165, 1.54) is 161 Å². The van der Waals surface area contributed by atoms with Crippen molar-refractivity contribution in [3.05, 3.63) is 60.8 Å². The van der Waals surface area contributed by atoms with Crippen LogP contribution in [0.25, 0.3) is 0 Å². The number of nitrogens with one attached hydrogen (secondary N) is 1. The first-order valence-corrected chi connectivity index (χ1v) is 31.0. The fraction of sp³-hybridized carbons (Fsp3) is 0.812. The van der Waals surface area contributed by atoms with Gasteiger partial charge in [-0.2, -0.15) is 0 Å². The third kappa shape index (κ3) is 43.0. The van der Waals surface area contributed by atoms with Gasteiger partial charge in [-0.1, -0.05) is 215 Å². The first kappa shape index (κ1) is 70.4. The molecule has 1 aliphatic heterocycles. The quantitative estimate of drug-likeness (QED) is 0.0195. The van der Waals surface area contributed by atoms with Gasteiger partial charge in [0.25, 0.3) is 0 Å². The topological polar surface area (TPSA) is 175 Å². The lowest BCUT2D eigenvalue weighted by atomic mass is 9.99. The molecule has 7 atom stereocenters. The van der Waals surface area contributed by atoms with Gasteiger partial charge in [0.1, 0.15) is 24.4 Å². The molecule has 0 spiro atoms. The minimum Gasteiger partial charge on any atom is -0.466 e. The number of aliphatic hydroxyl groups is 5. The van der Waals surface area contributed by atoms with E-state index in [1.807, 2.05) is 19.1 Å². The molecule has 1 saturated heterocycles. The van der Waals surface area contributed by atoms with E-state index in [-0.39, 0.29) is 18.5 Å². The van der Waals surface area contributed by atoms with Crippen LogP contribution < -0.4 is 5.32 Å². The van der Waals surface area contributed by atoms with Gasteiger partial charge in [-0.3, -0.25) is 9.59 Å². The molecule has 7 unspecified atom stereocenters. The second-order valence-corrected chi connectivity index (χ2v) is 21.4. The zero-order valence-corrected chi connectivity index (χ0v) is 48.0. The van der Waals surface area contributed by atoms with Crippen LogP contribution in [0.3, 0.4) is 0 Å². The number of aliphatic hydroxyl groups excluding tert-OH is 5. The largest absolute Gasteiger partial charge is 0.466 e. The van der Waals surface area contributed by atoms with E-state index in [0.717, 1.165) is 77.0 Å². The van der Waals surface area contributed by atoms with E-state index in [0.29, 0.717) is 25.9 Å². The Morgan fingerprint density at radius 1 is 0.507 bits per heavy atom. The van der Waals surface area contributed by atoms with E-state index in [1.54, 1.807) is 6.08 Å². The Hall–Kier alpha value is -2.64. The van der Waals surface area contributed by atoms with Crippen molar-refractivity contribution in [3.63, 3.8) is 0 Å². The molecule has 11 heteroatoms. The number of hydrogen-bond acceptors (Lipinski definition) is 10.